The van der Waals surface area contributed by atoms with E-state index < -0.39 is 0 Å². The first-order valence-electron chi connectivity index (χ1n) is 6.97. The number of H-pyrrole nitrogens is 2. The number of carbonyl (C=O) groups is 1. The highest BCUT2D eigenvalue weighted by atomic mass is 16.2. The molecule has 0 spiro atoms. The van der Waals surface area contributed by atoms with Gasteiger partial charge in [-0.1, -0.05) is 6.07 Å². The van der Waals surface area contributed by atoms with Gasteiger partial charge >= 0.3 is 5.69 Å². The first-order chi connectivity index (χ1) is 11.2. The van der Waals surface area contributed by atoms with Gasteiger partial charge in [-0.05, 0) is 12.1 Å². The number of carbonyl (C=O) groups excluding carboxylic acids is 1. The summed E-state index contributed by atoms with van der Waals surface area (Å²) in [7, 11) is 0. The third kappa shape index (κ3) is 2.26. The topological polar surface area (TPSA) is 108 Å². The van der Waals surface area contributed by atoms with Crippen molar-refractivity contribution in [1.29, 1.82) is 0 Å². The second-order valence-electron chi connectivity index (χ2n) is 5.06. The molecule has 0 aliphatic carbocycles. The van der Waals surface area contributed by atoms with Crippen LogP contribution in [0, 0.1) is 0 Å². The van der Waals surface area contributed by atoms with Crippen molar-refractivity contribution in [1.82, 2.24) is 29.7 Å². The summed E-state index contributed by atoms with van der Waals surface area (Å²) in [6.07, 6.45) is 6.51. The van der Waals surface area contributed by atoms with Crippen molar-refractivity contribution >= 4 is 22.5 Å². The zero-order valence-electron chi connectivity index (χ0n) is 11.9. The van der Waals surface area contributed by atoms with E-state index in [-0.39, 0.29) is 18.1 Å². The lowest BCUT2D eigenvalue weighted by molar-refractivity contribution is 0.0952. The van der Waals surface area contributed by atoms with E-state index in [1.807, 2.05) is 28.8 Å². The fourth-order valence-electron chi connectivity index (χ4n) is 2.52. The first-order valence-corrected chi connectivity index (χ1v) is 6.97. The summed E-state index contributed by atoms with van der Waals surface area (Å²) in [6, 6.07) is 5.75. The van der Waals surface area contributed by atoms with Crippen molar-refractivity contribution in [3.05, 3.63) is 64.9 Å². The maximum Gasteiger partial charge on any atom is 0.323 e. The van der Waals surface area contributed by atoms with Crippen molar-refractivity contribution in [2.24, 2.45) is 0 Å². The molecular weight excluding hydrogens is 296 g/mol. The van der Waals surface area contributed by atoms with Gasteiger partial charge in [-0.2, -0.15) is 0 Å². The zero-order chi connectivity index (χ0) is 15.8. The Bertz CT molecular complexity index is 1070. The second-order valence-corrected chi connectivity index (χ2v) is 5.06. The summed E-state index contributed by atoms with van der Waals surface area (Å²) < 4.78 is 1.88. The molecule has 114 valence electrons. The predicted molar refractivity (Wildman–Crippen MR) is 83.1 cm³/mol. The number of hydrogen-bond donors (Lipinski definition) is 3. The van der Waals surface area contributed by atoms with E-state index in [1.165, 1.54) is 12.4 Å². The Morgan fingerprint density at radius 1 is 1.26 bits per heavy atom. The molecule has 8 heteroatoms. The number of nitrogens with one attached hydrogen (secondary N) is 3. The molecule has 4 rings (SSSR count). The Hall–Kier alpha value is -3.42. The Labute approximate surface area is 129 Å². The minimum atomic E-state index is -0.373. The molecule has 0 aliphatic rings. The first kappa shape index (κ1) is 13.3. The van der Waals surface area contributed by atoms with Gasteiger partial charge in [0, 0.05) is 12.4 Å². The van der Waals surface area contributed by atoms with Crippen LogP contribution in [-0.4, -0.2) is 30.2 Å². The Kier molecular flexibility index (Phi) is 2.94. The summed E-state index contributed by atoms with van der Waals surface area (Å²) >= 11 is 0. The predicted octanol–water partition coefficient (Wildman–Crippen LogP) is 0.829. The lowest BCUT2D eigenvalue weighted by Gasteiger charge is -2.04. The van der Waals surface area contributed by atoms with Gasteiger partial charge < -0.3 is 19.7 Å². The highest BCUT2D eigenvalue weighted by Gasteiger charge is 2.13. The van der Waals surface area contributed by atoms with Crippen LogP contribution in [0.25, 0.3) is 16.6 Å². The van der Waals surface area contributed by atoms with Gasteiger partial charge in [0.05, 0.1) is 46.9 Å². The van der Waals surface area contributed by atoms with Crippen LogP contribution in [0.15, 0.2) is 47.9 Å². The lowest BCUT2D eigenvalue weighted by Crippen LogP contribution is -2.23. The van der Waals surface area contributed by atoms with Crippen molar-refractivity contribution < 1.29 is 4.79 Å². The monoisotopic (exact) mass is 308 g/mol. The number of pyridine rings is 2. The Balaban J connectivity index is 1.61. The highest BCUT2D eigenvalue weighted by Crippen LogP contribution is 2.12. The quantitative estimate of drug-likeness (QED) is 0.521. The molecule has 0 saturated carbocycles. The van der Waals surface area contributed by atoms with Gasteiger partial charge in [-0.3, -0.25) is 9.78 Å². The maximum atomic E-state index is 12.4. The minimum absolute atomic E-state index is 0.282. The van der Waals surface area contributed by atoms with E-state index in [9.17, 15) is 9.59 Å². The second kappa shape index (κ2) is 5.09. The van der Waals surface area contributed by atoms with Crippen LogP contribution in [0.2, 0.25) is 0 Å². The van der Waals surface area contributed by atoms with Gasteiger partial charge in [0.15, 0.2) is 0 Å². The van der Waals surface area contributed by atoms with Crippen molar-refractivity contribution in [2.45, 2.75) is 6.54 Å². The number of aromatic amines is 2. The fourth-order valence-corrected chi connectivity index (χ4v) is 2.52. The molecule has 0 aliphatic heterocycles. The van der Waals surface area contributed by atoms with E-state index in [1.54, 1.807) is 6.33 Å². The summed E-state index contributed by atoms with van der Waals surface area (Å²) in [5.74, 6) is -0.324. The molecule has 0 aromatic carbocycles. The molecule has 4 heterocycles. The summed E-state index contributed by atoms with van der Waals surface area (Å²) in [5, 5.41) is 2.80. The summed E-state index contributed by atoms with van der Waals surface area (Å²) in [5.41, 5.74) is 2.57. The zero-order valence-corrected chi connectivity index (χ0v) is 11.9. The van der Waals surface area contributed by atoms with E-state index in [0.717, 1.165) is 11.2 Å². The molecule has 0 fully saturated rings. The Morgan fingerprint density at radius 2 is 2.17 bits per heavy atom. The third-order valence-electron chi connectivity index (χ3n) is 3.62. The minimum Gasteiger partial charge on any atom is -0.346 e. The number of nitrogens with zero attached hydrogens (tertiary/aromatic N) is 3. The maximum absolute atomic E-state index is 12.4. The molecule has 0 unspecified atom stereocenters. The molecule has 4 aromatic rings. The van der Waals surface area contributed by atoms with Crippen LogP contribution in [0.4, 0.5) is 0 Å². The standard InChI is InChI=1S/C15H12N6O2/c22-14(9-5-16-6-11-13(9)20-15(23)19-11)17-7-10-12-3-1-2-4-21(12)8-18-10/h1-6,8H,7H2,(H,17,22)(H2,19,20,23). The molecule has 0 radical (unpaired) electrons. The number of aromatic nitrogens is 5. The van der Waals surface area contributed by atoms with Crippen LogP contribution >= 0.6 is 0 Å². The normalized spacial score (nSPS) is 11.1. The molecule has 8 nitrogen and oxygen atoms in total. The molecule has 1 amide bonds. The molecule has 0 atom stereocenters. The molecule has 0 saturated heterocycles. The van der Waals surface area contributed by atoms with Crippen molar-refractivity contribution in [2.75, 3.05) is 0 Å². The molecule has 0 bridgehead atoms. The lowest BCUT2D eigenvalue weighted by atomic mass is 10.2. The molecule has 3 N–H and O–H groups in total. The number of imidazole rings is 2. The average Bonchev–Trinajstić information content (AvgIpc) is 3.14. The van der Waals surface area contributed by atoms with Gasteiger partial charge in [-0.25, -0.2) is 9.78 Å². The number of hydrogen-bond acceptors (Lipinski definition) is 4. The van der Waals surface area contributed by atoms with E-state index in [4.69, 9.17) is 0 Å². The Morgan fingerprint density at radius 3 is 3.09 bits per heavy atom. The van der Waals surface area contributed by atoms with Crippen LogP contribution in [0.5, 0.6) is 0 Å². The molecule has 4 aromatic heterocycles. The van der Waals surface area contributed by atoms with Gasteiger partial charge in [0.25, 0.3) is 5.91 Å². The largest absolute Gasteiger partial charge is 0.346 e. The van der Waals surface area contributed by atoms with Crippen LogP contribution < -0.4 is 11.0 Å². The smallest absolute Gasteiger partial charge is 0.323 e. The van der Waals surface area contributed by atoms with Crippen LogP contribution in [0.1, 0.15) is 16.1 Å². The SMILES string of the molecule is O=C(NCc1ncn2ccccc12)c1cncc2[nH]c(=O)[nH]c12. The van der Waals surface area contributed by atoms with Crippen molar-refractivity contribution in [3.63, 3.8) is 0 Å². The third-order valence-corrected chi connectivity index (χ3v) is 3.62. The van der Waals surface area contributed by atoms with E-state index >= 15 is 0 Å². The van der Waals surface area contributed by atoms with Gasteiger partial charge in [0.2, 0.25) is 0 Å². The number of rotatable bonds is 3. The average molecular weight is 308 g/mol. The molecular formula is C15H12N6O2. The van der Waals surface area contributed by atoms with E-state index in [0.29, 0.717) is 16.6 Å². The van der Waals surface area contributed by atoms with E-state index in [2.05, 4.69) is 25.3 Å². The van der Waals surface area contributed by atoms with Gasteiger partial charge in [-0.15, -0.1) is 0 Å². The van der Waals surface area contributed by atoms with Crippen molar-refractivity contribution in [3.8, 4) is 0 Å². The number of fused-ring (bicyclic) bond motifs is 2. The molecule has 23 heavy (non-hydrogen) atoms. The van der Waals surface area contributed by atoms with Crippen LogP contribution in [0.3, 0.4) is 0 Å². The highest BCUT2D eigenvalue weighted by molar-refractivity contribution is 6.04. The van der Waals surface area contributed by atoms with Crippen LogP contribution in [-0.2, 0) is 6.54 Å². The number of amides is 1. The summed E-state index contributed by atoms with van der Waals surface area (Å²) in [6.45, 7) is 0.282. The van der Waals surface area contributed by atoms with Gasteiger partial charge in [0.1, 0.15) is 0 Å². The summed E-state index contributed by atoms with van der Waals surface area (Å²) in [4.78, 5) is 37.2. The fraction of sp³-hybridized carbons (Fsp3) is 0.0667.